The van der Waals surface area contributed by atoms with Crippen LogP contribution in [0.2, 0.25) is 0 Å². The molecule has 0 fully saturated rings. The van der Waals surface area contributed by atoms with Gasteiger partial charge in [-0.15, -0.1) is 11.8 Å². The molecule has 0 amide bonds. The molecule has 27 heavy (non-hydrogen) atoms. The largest absolute Gasteiger partial charge is 0.481 e. The Bertz CT molecular complexity index is 529. The number of carboxylic acids is 1. The highest BCUT2D eigenvalue weighted by Crippen LogP contribution is 2.37. The molecule has 0 spiro atoms. The highest BCUT2D eigenvalue weighted by Gasteiger charge is 2.38. The highest BCUT2D eigenvalue weighted by molar-refractivity contribution is 8.03. The Hall–Kier alpha value is -1.11. The smallest absolute Gasteiger partial charge is 0.303 e. The minimum atomic E-state index is -0.807. The van der Waals surface area contributed by atoms with Crippen LogP contribution in [-0.4, -0.2) is 45.5 Å². The van der Waals surface area contributed by atoms with Crippen LogP contribution in [0.25, 0.3) is 0 Å². The molecule has 0 bridgehead atoms. The predicted molar refractivity (Wildman–Crippen MR) is 110 cm³/mol. The van der Waals surface area contributed by atoms with Gasteiger partial charge in [0.05, 0.1) is 18.1 Å². The number of Topliss-reactive ketones (excluding diaryl/α,β-unsaturated/α-hetero) is 1. The molecule has 0 saturated heterocycles. The van der Waals surface area contributed by atoms with E-state index in [4.69, 9.17) is 5.11 Å². The van der Waals surface area contributed by atoms with E-state index in [1.54, 1.807) is 6.08 Å². The molecule has 0 aromatic carbocycles. The molecule has 0 aromatic rings. The minimum absolute atomic E-state index is 0.0318. The summed E-state index contributed by atoms with van der Waals surface area (Å²) in [4.78, 5) is 23.8. The fourth-order valence-electron chi connectivity index (χ4n) is 3.42. The number of carbonyl (C=O) groups is 2. The van der Waals surface area contributed by atoms with Gasteiger partial charge in [0.15, 0.2) is 5.78 Å². The van der Waals surface area contributed by atoms with Crippen LogP contribution in [0.15, 0.2) is 23.1 Å². The summed E-state index contributed by atoms with van der Waals surface area (Å²) in [6.07, 6.45) is 12.6. The normalized spacial score (nSPS) is 22.2. The molecule has 154 valence electrons. The Labute approximate surface area is 166 Å². The van der Waals surface area contributed by atoms with E-state index in [0.717, 1.165) is 25.7 Å². The number of aliphatic carboxylic acids is 1. The van der Waals surface area contributed by atoms with E-state index < -0.39 is 24.1 Å². The molecular weight excluding hydrogens is 364 g/mol. The maximum atomic E-state index is 12.6. The Morgan fingerprint density at radius 3 is 2.52 bits per heavy atom. The summed E-state index contributed by atoms with van der Waals surface area (Å²) in [7, 11) is 0. The molecule has 0 aliphatic heterocycles. The summed E-state index contributed by atoms with van der Waals surface area (Å²) in [6.45, 7) is 2.12. The summed E-state index contributed by atoms with van der Waals surface area (Å²) in [5.74, 6) is -1.55. The number of unbranched alkanes of at least 4 members (excludes halogenated alkanes) is 4. The average molecular weight is 399 g/mol. The van der Waals surface area contributed by atoms with Crippen LogP contribution >= 0.6 is 11.8 Å². The topological polar surface area (TPSA) is 94.8 Å². The predicted octanol–water partition coefficient (Wildman–Crippen LogP) is 3.94. The molecule has 1 aliphatic rings. The number of hydrogen-bond acceptors (Lipinski definition) is 5. The first kappa shape index (κ1) is 23.9. The van der Waals surface area contributed by atoms with E-state index in [1.165, 1.54) is 11.8 Å². The van der Waals surface area contributed by atoms with Crippen molar-refractivity contribution in [1.82, 2.24) is 0 Å². The minimum Gasteiger partial charge on any atom is -0.481 e. The van der Waals surface area contributed by atoms with E-state index in [0.29, 0.717) is 30.6 Å². The van der Waals surface area contributed by atoms with Gasteiger partial charge in [-0.1, -0.05) is 57.3 Å². The lowest BCUT2D eigenvalue weighted by atomic mass is 9.86. The van der Waals surface area contributed by atoms with Crippen LogP contribution in [0.3, 0.4) is 0 Å². The monoisotopic (exact) mass is 398 g/mol. The van der Waals surface area contributed by atoms with E-state index >= 15 is 0 Å². The van der Waals surface area contributed by atoms with Crippen molar-refractivity contribution >= 4 is 23.5 Å². The summed E-state index contributed by atoms with van der Waals surface area (Å²) in [5.41, 5.74) is 0. The maximum Gasteiger partial charge on any atom is 0.303 e. The number of carbonyl (C=O) groups excluding carboxylic acids is 1. The Kier molecular flexibility index (Phi) is 11.6. The molecule has 0 aromatic heterocycles. The molecule has 0 radical (unpaired) electrons. The van der Waals surface area contributed by atoms with Gasteiger partial charge in [-0.2, -0.15) is 0 Å². The second kappa shape index (κ2) is 13.1. The summed E-state index contributed by atoms with van der Waals surface area (Å²) < 4.78 is 0. The Balaban J connectivity index is 2.60. The summed E-state index contributed by atoms with van der Waals surface area (Å²) in [6, 6.07) is 0. The Morgan fingerprint density at radius 1 is 1.19 bits per heavy atom. The number of allylic oxidation sites excluding steroid dienone is 3. The summed E-state index contributed by atoms with van der Waals surface area (Å²) >= 11 is 1.39. The van der Waals surface area contributed by atoms with Crippen molar-refractivity contribution in [2.75, 3.05) is 6.26 Å². The number of rotatable bonds is 14. The van der Waals surface area contributed by atoms with Gasteiger partial charge >= 0.3 is 5.97 Å². The number of ketones is 1. The number of aliphatic hydroxyl groups excluding tert-OH is 2. The van der Waals surface area contributed by atoms with Crippen LogP contribution < -0.4 is 0 Å². The van der Waals surface area contributed by atoms with Gasteiger partial charge in [0.25, 0.3) is 0 Å². The fourth-order valence-corrected chi connectivity index (χ4v) is 4.05. The van der Waals surface area contributed by atoms with E-state index in [2.05, 4.69) is 6.92 Å². The van der Waals surface area contributed by atoms with Gasteiger partial charge in [-0.25, -0.2) is 0 Å². The molecule has 4 atom stereocenters. The van der Waals surface area contributed by atoms with E-state index in [1.807, 2.05) is 18.4 Å². The van der Waals surface area contributed by atoms with E-state index in [-0.39, 0.29) is 18.1 Å². The molecule has 6 heteroatoms. The fraction of sp³-hybridized carbons (Fsp3) is 0.714. The van der Waals surface area contributed by atoms with Crippen LogP contribution in [0.4, 0.5) is 0 Å². The van der Waals surface area contributed by atoms with Crippen LogP contribution in [-0.2, 0) is 9.59 Å². The first-order chi connectivity index (χ1) is 12.9. The lowest BCUT2D eigenvalue weighted by Gasteiger charge is -2.22. The molecular formula is C21H34O5S. The quantitative estimate of drug-likeness (QED) is 0.303. The molecule has 5 nitrogen and oxygen atoms in total. The van der Waals surface area contributed by atoms with Gasteiger partial charge < -0.3 is 15.3 Å². The third kappa shape index (κ3) is 8.62. The second-order valence-electron chi connectivity index (χ2n) is 7.21. The zero-order valence-corrected chi connectivity index (χ0v) is 17.3. The zero-order valence-electron chi connectivity index (χ0n) is 16.5. The first-order valence-electron chi connectivity index (χ1n) is 9.97. The Morgan fingerprint density at radius 2 is 1.89 bits per heavy atom. The first-order valence-corrected chi connectivity index (χ1v) is 11.2. The highest BCUT2D eigenvalue weighted by atomic mass is 32.2. The molecule has 3 N–H and O–H groups in total. The SMILES string of the molecule is CCCCCC(O)/C=C/C1C=C(SC)C(=O)C1C(O)CCCCCC(=O)O. The van der Waals surface area contributed by atoms with Gasteiger partial charge in [0, 0.05) is 17.2 Å². The van der Waals surface area contributed by atoms with Crippen molar-refractivity contribution < 1.29 is 24.9 Å². The molecule has 0 saturated carbocycles. The van der Waals surface area contributed by atoms with Gasteiger partial charge in [0.1, 0.15) is 0 Å². The van der Waals surface area contributed by atoms with Crippen LogP contribution in [0.1, 0.15) is 64.7 Å². The van der Waals surface area contributed by atoms with Gasteiger partial charge in [-0.05, 0) is 25.5 Å². The van der Waals surface area contributed by atoms with Gasteiger partial charge in [0.2, 0.25) is 0 Å². The van der Waals surface area contributed by atoms with Crippen LogP contribution in [0, 0.1) is 11.8 Å². The average Bonchev–Trinajstić information content (AvgIpc) is 2.95. The van der Waals surface area contributed by atoms with Gasteiger partial charge in [-0.3, -0.25) is 9.59 Å². The molecule has 1 rings (SSSR count). The van der Waals surface area contributed by atoms with Crippen molar-refractivity contribution in [3.63, 3.8) is 0 Å². The lowest BCUT2D eigenvalue weighted by molar-refractivity contribution is -0.137. The standard InChI is InChI=1S/C21H34O5S/c1-3-4-6-9-16(22)13-12-15-14-18(27-2)21(26)20(15)17(23)10-7-5-8-11-19(24)25/h12-17,20,22-23H,3-11H2,1-2H3,(H,24,25)/b13-12+. The third-order valence-electron chi connectivity index (χ3n) is 4.99. The van der Waals surface area contributed by atoms with Crippen molar-refractivity contribution in [2.45, 2.75) is 76.9 Å². The maximum absolute atomic E-state index is 12.6. The lowest BCUT2D eigenvalue weighted by Crippen LogP contribution is -2.30. The number of aliphatic hydroxyl groups is 2. The van der Waals surface area contributed by atoms with Crippen molar-refractivity contribution in [1.29, 1.82) is 0 Å². The van der Waals surface area contributed by atoms with Crippen LogP contribution in [0.5, 0.6) is 0 Å². The molecule has 0 heterocycles. The zero-order chi connectivity index (χ0) is 20.2. The number of thioether (sulfide) groups is 1. The van der Waals surface area contributed by atoms with Crippen molar-refractivity contribution in [3.8, 4) is 0 Å². The number of carboxylic acid groups (broad SMARTS) is 1. The van der Waals surface area contributed by atoms with Crippen molar-refractivity contribution in [2.24, 2.45) is 11.8 Å². The molecule has 1 aliphatic carbocycles. The second-order valence-corrected chi connectivity index (χ2v) is 8.06. The molecule has 4 unspecified atom stereocenters. The third-order valence-corrected chi connectivity index (χ3v) is 5.77. The summed E-state index contributed by atoms with van der Waals surface area (Å²) in [5, 5.41) is 29.3. The number of hydrogen-bond donors (Lipinski definition) is 3. The van der Waals surface area contributed by atoms with E-state index in [9.17, 15) is 19.8 Å². The van der Waals surface area contributed by atoms with Crippen molar-refractivity contribution in [3.05, 3.63) is 23.1 Å².